The quantitative estimate of drug-likeness (QED) is 0.753. The van der Waals surface area contributed by atoms with Crippen LogP contribution in [0, 0.1) is 11.3 Å². The van der Waals surface area contributed by atoms with Crippen molar-refractivity contribution in [2.75, 3.05) is 0 Å². The lowest BCUT2D eigenvalue weighted by atomic mass is 9.76. The third kappa shape index (κ3) is 2.23. The summed E-state index contributed by atoms with van der Waals surface area (Å²) in [7, 11) is -0.383. The molecule has 3 rings (SSSR count). The van der Waals surface area contributed by atoms with Gasteiger partial charge in [-0.2, -0.15) is 5.26 Å². The molecule has 1 aliphatic heterocycles. The van der Waals surface area contributed by atoms with E-state index in [4.69, 9.17) is 14.6 Å². The molecule has 0 saturated carbocycles. The first-order chi connectivity index (χ1) is 9.84. The molecule has 2 aromatic rings. The highest BCUT2D eigenvalue weighted by Crippen LogP contribution is 2.37. The molecule has 0 radical (unpaired) electrons. The molecular weight excluding hydrogens is 261 g/mol. The Balaban J connectivity index is 2.09. The molecule has 0 aliphatic carbocycles. The Morgan fingerprint density at radius 3 is 2.29 bits per heavy atom. The van der Waals surface area contributed by atoms with Crippen LogP contribution in [-0.4, -0.2) is 18.3 Å². The minimum atomic E-state index is -0.383. The van der Waals surface area contributed by atoms with E-state index >= 15 is 0 Å². The van der Waals surface area contributed by atoms with Crippen LogP contribution >= 0.6 is 0 Å². The summed E-state index contributed by atoms with van der Waals surface area (Å²) in [6.07, 6.45) is 0. The molecule has 2 aromatic carbocycles. The highest BCUT2D eigenvalue weighted by atomic mass is 16.7. The van der Waals surface area contributed by atoms with E-state index in [-0.39, 0.29) is 18.3 Å². The summed E-state index contributed by atoms with van der Waals surface area (Å²) in [5, 5.41) is 11.1. The molecule has 0 N–H and O–H groups in total. The normalized spacial score (nSPS) is 19.7. The molecule has 1 fully saturated rings. The molecule has 3 nitrogen and oxygen atoms in total. The summed E-state index contributed by atoms with van der Waals surface area (Å²) < 4.78 is 12.3. The fourth-order valence-corrected chi connectivity index (χ4v) is 2.55. The van der Waals surface area contributed by atoms with Crippen LogP contribution in [0.25, 0.3) is 10.8 Å². The van der Waals surface area contributed by atoms with Crippen molar-refractivity contribution in [1.29, 1.82) is 5.26 Å². The summed E-state index contributed by atoms with van der Waals surface area (Å²) >= 11 is 0. The number of benzene rings is 2. The second kappa shape index (κ2) is 4.59. The van der Waals surface area contributed by atoms with Crippen molar-refractivity contribution in [3.05, 3.63) is 42.0 Å². The summed E-state index contributed by atoms with van der Waals surface area (Å²) in [5.74, 6) is 0. The predicted octanol–water partition coefficient (Wildman–Crippen LogP) is 3.01. The number of hydrogen-bond donors (Lipinski definition) is 0. The monoisotopic (exact) mass is 279 g/mol. The minimum absolute atomic E-state index is 0.355. The van der Waals surface area contributed by atoms with E-state index in [2.05, 4.69) is 6.07 Å². The first-order valence-corrected chi connectivity index (χ1v) is 7.12. The van der Waals surface area contributed by atoms with Gasteiger partial charge in [-0.25, -0.2) is 0 Å². The topological polar surface area (TPSA) is 42.2 Å². The van der Waals surface area contributed by atoms with E-state index in [0.29, 0.717) is 5.56 Å². The molecule has 0 spiro atoms. The van der Waals surface area contributed by atoms with Gasteiger partial charge in [0.25, 0.3) is 0 Å². The Bertz CT molecular complexity index is 730. The van der Waals surface area contributed by atoms with Crippen LogP contribution in [0.5, 0.6) is 0 Å². The molecule has 1 heterocycles. The molecule has 4 heteroatoms. The summed E-state index contributed by atoms with van der Waals surface area (Å²) in [4.78, 5) is 0. The predicted molar refractivity (Wildman–Crippen MR) is 84.4 cm³/mol. The highest BCUT2D eigenvalue weighted by Gasteiger charge is 2.52. The Labute approximate surface area is 125 Å². The number of rotatable bonds is 1. The van der Waals surface area contributed by atoms with Crippen LogP contribution in [0.3, 0.4) is 0 Å². The van der Waals surface area contributed by atoms with E-state index in [1.165, 1.54) is 0 Å². The first kappa shape index (κ1) is 14.1. The van der Waals surface area contributed by atoms with Gasteiger partial charge in [0.1, 0.15) is 0 Å². The van der Waals surface area contributed by atoms with Gasteiger partial charge in [0.15, 0.2) is 0 Å². The Morgan fingerprint density at radius 1 is 1.00 bits per heavy atom. The highest BCUT2D eigenvalue weighted by molar-refractivity contribution is 6.65. The van der Waals surface area contributed by atoms with E-state index < -0.39 is 0 Å². The zero-order valence-electron chi connectivity index (χ0n) is 12.8. The lowest BCUT2D eigenvalue weighted by molar-refractivity contribution is 0.00578. The molecule has 21 heavy (non-hydrogen) atoms. The van der Waals surface area contributed by atoms with E-state index in [9.17, 15) is 0 Å². The van der Waals surface area contributed by atoms with Gasteiger partial charge in [-0.1, -0.05) is 24.3 Å². The van der Waals surface area contributed by atoms with Gasteiger partial charge in [-0.3, -0.25) is 0 Å². The van der Waals surface area contributed by atoms with Crippen molar-refractivity contribution in [3.8, 4) is 6.07 Å². The van der Waals surface area contributed by atoms with Gasteiger partial charge in [-0.05, 0) is 56.1 Å². The zero-order chi connectivity index (χ0) is 15.3. The molecule has 0 amide bonds. The van der Waals surface area contributed by atoms with Crippen LogP contribution in [0.1, 0.15) is 33.3 Å². The van der Waals surface area contributed by atoms with Crippen molar-refractivity contribution in [1.82, 2.24) is 0 Å². The lowest BCUT2D eigenvalue weighted by Gasteiger charge is -2.32. The standard InChI is InChI=1S/C17H18BNO2/c1-16(2)17(3,4)21-18(20-16)15-7-5-6-13-10-12(11-19)8-9-14(13)15/h5-10H,1-4H3. The van der Waals surface area contributed by atoms with Gasteiger partial charge in [0.05, 0.1) is 22.8 Å². The maximum atomic E-state index is 9.02. The van der Waals surface area contributed by atoms with Gasteiger partial charge in [0.2, 0.25) is 0 Å². The fourth-order valence-electron chi connectivity index (χ4n) is 2.55. The molecule has 1 aliphatic rings. The van der Waals surface area contributed by atoms with E-state index in [0.717, 1.165) is 16.2 Å². The van der Waals surface area contributed by atoms with Crippen LogP contribution in [0.2, 0.25) is 0 Å². The zero-order valence-corrected chi connectivity index (χ0v) is 12.8. The van der Waals surface area contributed by atoms with Crippen molar-refractivity contribution < 1.29 is 9.31 Å². The van der Waals surface area contributed by atoms with E-state index in [1.54, 1.807) is 0 Å². The number of fused-ring (bicyclic) bond motifs is 1. The smallest absolute Gasteiger partial charge is 0.399 e. The van der Waals surface area contributed by atoms with Crippen LogP contribution < -0.4 is 5.46 Å². The molecule has 0 bridgehead atoms. The van der Waals surface area contributed by atoms with Gasteiger partial charge >= 0.3 is 7.12 Å². The average Bonchev–Trinajstić information content (AvgIpc) is 2.66. The Morgan fingerprint density at radius 2 is 1.67 bits per heavy atom. The maximum Gasteiger partial charge on any atom is 0.495 e. The maximum absolute atomic E-state index is 9.02. The molecule has 0 atom stereocenters. The lowest BCUT2D eigenvalue weighted by Crippen LogP contribution is -2.41. The summed E-state index contributed by atoms with van der Waals surface area (Å²) in [5.41, 5.74) is 0.961. The van der Waals surface area contributed by atoms with Crippen LogP contribution in [0.4, 0.5) is 0 Å². The van der Waals surface area contributed by atoms with Crippen LogP contribution in [0.15, 0.2) is 36.4 Å². The van der Waals surface area contributed by atoms with E-state index in [1.807, 2.05) is 64.1 Å². The number of nitrogens with zero attached hydrogens (tertiary/aromatic N) is 1. The first-order valence-electron chi connectivity index (χ1n) is 7.12. The SMILES string of the molecule is CC1(C)OB(c2cccc3cc(C#N)ccc23)OC1(C)C. The van der Waals surface area contributed by atoms with Crippen molar-refractivity contribution in [3.63, 3.8) is 0 Å². The second-order valence-electron chi connectivity index (χ2n) is 6.48. The molecule has 0 aromatic heterocycles. The van der Waals surface area contributed by atoms with Crippen LogP contribution in [-0.2, 0) is 9.31 Å². The fraction of sp³-hybridized carbons (Fsp3) is 0.353. The largest absolute Gasteiger partial charge is 0.495 e. The Kier molecular flexibility index (Phi) is 3.09. The Hall–Kier alpha value is -1.83. The van der Waals surface area contributed by atoms with Gasteiger partial charge in [-0.15, -0.1) is 0 Å². The molecular formula is C17H18BNO2. The molecule has 0 unspecified atom stereocenters. The number of nitriles is 1. The molecule has 106 valence electrons. The average molecular weight is 279 g/mol. The summed E-state index contributed by atoms with van der Waals surface area (Å²) in [6, 6.07) is 13.9. The van der Waals surface area contributed by atoms with Crippen molar-refractivity contribution >= 4 is 23.4 Å². The van der Waals surface area contributed by atoms with Crippen molar-refractivity contribution in [2.24, 2.45) is 0 Å². The minimum Gasteiger partial charge on any atom is -0.399 e. The second-order valence-corrected chi connectivity index (χ2v) is 6.48. The van der Waals surface area contributed by atoms with Crippen molar-refractivity contribution in [2.45, 2.75) is 38.9 Å². The van der Waals surface area contributed by atoms with Gasteiger partial charge < -0.3 is 9.31 Å². The third-order valence-corrected chi connectivity index (χ3v) is 4.55. The summed E-state index contributed by atoms with van der Waals surface area (Å²) in [6.45, 7) is 8.19. The third-order valence-electron chi connectivity index (χ3n) is 4.55. The molecule has 1 saturated heterocycles. The van der Waals surface area contributed by atoms with Gasteiger partial charge in [0, 0.05) is 0 Å². The number of hydrogen-bond acceptors (Lipinski definition) is 3.